The lowest BCUT2D eigenvalue weighted by molar-refractivity contribution is -0.115. The maximum Gasteiger partial charge on any atom is 0.238 e. The predicted octanol–water partition coefficient (Wildman–Crippen LogP) is 1.89. The molecule has 20 heavy (non-hydrogen) atoms. The van der Waals surface area contributed by atoms with Crippen LogP contribution in [-0.2, 0) is 9.59 Å². The third kappa shape index (κ3) is 4.66. The molecule has 5 heteroatoms. The van der Waals surface area contributed by atoms with E-state index in [-0.39, 0.29) is 11.8 Å². The number of anilines is 2. The number of amides is 2. The van der Waals surface area contributed by atoms with E-state index in [9.17, 15) is 9.59 Å². The first-order valence-corrected chi connectivity index (χ1v) is 6.93. The molecule has 108 valence electrons. The molecule has 1 fully saturated rings. The zero-order valence-electron chi connectivity index (χ0n) is 12.0. The van der Waals surface area contributed by atoms with Gasteiger partial charge in [0.2, 0.25) is 11.8 Å². The number of hydrogen-bond donors (Lipinski definition) is 3. The van der Waals surface area contributed by atoms with Crippen LogP contribution in [0.4, 0.5) is 11.4 Å². The number of carbonyl (C=O) groups is 2. The number of nitrogens with one attached hydrogen (secondary N) is 3. The molecule has 5 nitrogen and oxygen atoms in total. The van der Waals surface area contributed by atoms with E-state index in [1.807, 2.05) is 13.0 Å². The molecule has 0 saturated heterocycles. The molecule has 3 N–H and O–H groups in total. The van der Waals surface area contributed by atoms with Crippen molar-refractivity contribution in [3.05, 3.63) is 23.8 Å². The van der Waals surface area contributed by atoms with Crippen LogP contribution in [0.2, 0.25) is 0 Å². The molecule has 0 radical (unpaired) electrons. The molecular weight excluding hydrogens is 254 g/mol. The Hall–Kier alpha value is -1.88. The summed E-state index contributed by atoms with van der Waals surface area (Å²) in [6.45, 7) is 4.63. The van der Waals surface area contributed by atoms with Gasteiger partial charge in [0.25, 0.3) is 0 Å². The van der Waals surface area contributed by atoms with Crippen molar-refractivity contribution in [3.8, 4) is 0 Å². The normalized spacial score (nSPS) is 13.9. The van der Waals surface area contributed by atoms with E-state index < -0.39 is 0 Å². The Morgan fingerprint density at radius 3 is 2.60 bits per heavy atom. The van der Waals surface area contributed by atoms with E-state index in [2.05, 4.69) is 16.0 Å². The van der Waals surface area contributed by atoms with Crippen molar-refractivity contribution in [2.75, 3.05) is 23.7 Å². The fourth-order valence-corrected chi connectivity index (χ4v) is 1.99. The molecule has 1 aliphatic carbocycles. The van der Waals surface area contributed by atoms with Crippen LogP contribution in [-0.4, -0.2) is 24.9 Å². The Bertz CT molecular complexity index is 510. The summed E-state index contributed by atoms with van der Waals surface area (Å²) >= 11 is 0. The molecule has 1 aliphatic rings. The van der Waals surface area contributed by atoms with E-state index in [4.69, 9.17) is 0 Å². The summed E-state index contributed by atoms with van der Waals surface area (Å²) in [6, 6.07) is 5.44. The van der Waals surface area contributed by atoms with E-state index in [0.29, 0.717) is 6.54 Å². The van der Waals surface area contributed by atoms with Crippen LogP contribution < -0.4 is 16.0 Å². The molecule has 0 unspecified atom stereocenters. The molecule has 2 amide bonds. The van der Waals surface area contributed by atoms with Gasteiger partial charge in [0.1, 0.15) is 0 Å². The van der Waals surface area contributed by atoms with Gasteiger partial charge in [0.15, 0.2) is 0 Å². The third-order valence-corrected chi connectivity index (χ3v) is 3.24. The highest BCUT2D eigenvalue weighted by Gasteiger charge is 2.20. The topological polar surface area (TPSA) is 70.2 Å². The number of hydrogen-bond acceptors (Lipinski definition) is 3. The Morgan fingerprint density at radius 1 is 1.25 bits per heavy atom. The Labute approximate surface area is 119 Å². The number of carbonyl (C=O) groups excluding carboxylic acids is 2. The summed E-state index contributed by atoms with van der Waals surface area (Å²) in [6.07, 6.45) is 2.55. The monoisotopic (exact) mass is 275 g/mol. The summed E-state index contributed by atoms with van der Waals surface area (Å²) in [4.78, 5) is 22.8. The first-order chi connectivity index (χ1) is 9.54. The minimum absolute atomic E-state index is 0.0441. The average Bonchev–Trinajstić information content (AvgIpc) is 3.16. The van der Waals surface area contributed by atoms with Crippen molar-refractivity contribution in [2.45, 2.75) is 26.7 Å². The summed E-state index contributed by atoms with van der Waals surface area (Å²) in [7, 11) is 0. The minimum atomic E-state index is -0.103. The van der Waals surface area contributed by atoms with Crippen molar-refractivity contribution in [1.82, 2.24) is 5.32 Å². The van der Waals surface area contributed by atoms with E-state index >= 15 is 0 Å². The summed E-state index contributed by atoms with van der Waals surface area (Å²) in [5, 5.41) is 8.74. The Morgan fingerprint density at radius 2 is 2.00 bits per heavy atom. The van der Waals surface area contributed by atoms with Gasteiger partial charge in [-0.05, 0) is 56.0 Å². The Balaban J connectivity index is 1.83. The van der Waals surface area contributed by atoms with Crippen molar-refractivity contribution < 1.29 is 9.59 Å². The molecular formula is C15H21N3O2. The maximum atomic E-state index is 11.7. The first kappa shape index (κ1) is 14.5. The smallest absolute Gasteiger partial charge is 0.238 e. The van der Waals surface area contributed by atoms with Gasteiger partial charge in [-0.1, -0.05) is 0 Å². The van der Waals surface area contributed by atoms with Crippen molar-refractivity contribution in [3.63, 3.8) is 0 Å². The molecule has 0 aliphatic heterocycles. The number of rotatable bonds is 6. The zero-order chi connectivity index (χ0) is 14.5. The molecule has 0 heterocycles. The fraction of sp³-hybridized carbons (Fsp3) is 0.467. The van der Waals surface area contributed by atoms with Crippen molar-refractivity contribution in [1.29, 1.82) is 0 Å². The second-order valence-electron chi connectivity index (χ2n) is 5.33. The van der Waals surface area contributed by atoms with Gasteiger partial charge in [-0.3, -0.25) is 9.59 Å². The molecule has 0 aromatic heterocycles. The van der Waals surface area contributed by atoms with Crippen molar-refractivity contribution in [2.24, 2.45) is 5.92 Å². The highest BCUT2D eigenvalue weighted by molar-refractivity contribution is 5.93. The lowest BCUT2D eigenvalue weighted by Crippen LogP contribution is -2.29. The van der Waals surface area contributed by atoms with Gasteiger partial charge >= 0.3 is 0 Å². The van der Waals surface area contributed by atoms with E-state index in [1.54, 1.807) is 12.1 Å². The SMILES string of the molecule is CC(=O)Nc1ccc(NC(=O)CNCC2CC2)cc1C. The second kappa shape index (κ2) is 6.52. The van der Waals surface area contributed by atoms with Crippen LogP contribution in [0.3, 0.4) is 0 Å². The molecule has 1 aromatic rings. The lowest BCUT2D eigenvalue weighted by Gasteiger charge is -2.10. The maximum absolute atomic E-state index is 11.7. The molecule has 0 spiro atoms. The summed E-state index contributed by atoms with van der Waals surface area (Å²) in [5.41, 5.74) is 2.43. The third-order valence-electron chi connectivity index (χ3n) is 3.24. The highest BCUT2D eigenvalue weighted by Crippen LogP contribution is 2.27. The highest BCUT2D eigenvalue weighted by atomic mass is 16.2. The Kier molecular flexibility index (Phi) is 4.74. The quantitative estimate of drug-likeness (QED) is 0.742. The van der Waals surface area contributed by atoms with Crippen LogP contribution in [0, 0.1) is 12.8 Å². The van der Waals surface area contributed by atoms with Crippen LogP contribution in [0.1, 0.15) is 25.3 Å². The number of aryl methyl sites for hydroxylation is 1. The standard InChI is InChI=1S/C15H21N3O2/c1-10-7-13(5-6-14(10)17-11(2)19)18-15(20)9-16-8-12-3-4-12/h5-7,12,16H,3-4,8-9H2,1-2H3,(H,17,19)(H,18,20). The van der Waals surface area contributed by atoms with Gasteiger partial charge < -0.3 is 16.0 Å². The van der Waals surface area contributed by atoms with Gasteiger partial charge in [-0.2, -0.15) is 0 Å². The van der Waals surface area contributed by atoms with Gasteiger partial charge in [-0.15, -0.1) is 0 Å². The van der Waals surface area contributed by atoms with Gasteiger partial charge in [0, 0.05) is 18.3 Å². The van der Waals surface area contributed by atoms with Crippen LogP contribution >= 0.6 is 0 Å². The fourth-order valence-electron chi connectivity index (χ4n) is 1.99. The van der Waals surface area contributed by atoms with Gasteiger partial charge in [-0.25, -0.2) is 0 Å². The van der Waals surface area contributed by atoms with Crippen LogP contribution in [0.5, 0.6) is 0 Å². The average molecular weight is 275 g/mol. The largest absolute Gasteiger partial charge is 0.326 e. The molecule has 0 atom stereocenters. The summed E-state index contributed by atoms with van der Waals surface area (Å²) < 4.78 is 0. The molecule has 2 rings (SSSR count). The zero-order valence-corrected chi connectivity index (χ0v) is 12.0. The van der Waals surface area contributed by atoms with E-state index in [1.165, 1.54) is 19.8 Å². The summed E-state index contributed by atoms with van der Waals surface area (Å²) in [5.74, 6) is 0.619. The molecule has 1 saturated carbocycles. The van der Waals surface area contributed by atoms with E-state index in [0.717, 1.165) is 29.4 Å². The predicted molar refractivity (Wildman–Crippen MR) is 79.7 cm³/mol. The van der Waals surface area contributed by atoms with Gasteiger partial charge in [0.05, 0.1) is 6.54 Å². The van der Waals surface area contributed by atoms with Crippen LogP contribution in [0.15, 0.2) is 18.2 Å². The lowest BCUT2D eigenvalue weighted by atomic mass is 10.1. The molecule has 1 aromatic carbocycles. The first-order valence-electron chi connectivity index (χ1n) is 6.93. The second-order valence-corrected chi connectivity index (χ2v) is 5.33. The minimum Gasteiger partial charge on any atom is -0.326 e. The van der Waals surface area contributed by atoms with Crippen LogP contribution in [0.25, 0.3) is 0 Å². The number of benzene rings is 1. The van der Waals surface area contributed by atoms with Crippen molar-refractivity contribution >= 4 is 23.2 Å². The molecule has 0 bridgehead atoms.